The molecule has 0 saturated carbocycles. The molecule has 1 aliphatic rings. The lowest BCUT2D eigenvalue weighted by Gasteiger charge is -2.38. The lowest BCUT2D eigenvalue weighted by atomic mass is 9.74. The summed E-state index contributed by atoms with van der Waals surface area (Å²) in [5, 5.41) is 3.67. The van der Waals surface area contributed by atoms with Crippen LogP contribution in [0.3, 0.4) is 0 Å². The predicted octanol–water partition coefficient (Wildman–Crippen LogP) is 4.55. The summed E-state index contributed by atoms with van der Waals surface area (Å²) in [6.07, 6.45) is 1.48. The number of halogens is 2. The van der Waals surface area contributed by atoms with Crippen LogP contribution in [0.1, 0.15) is 49.5 Å². The van der Waals surface area contributed by atoms with Gasteiger partial charge in [0, 0.05) is 41.3 Å². The Bertz CT molecular complexity index is 1090. The third kappa shape index (κ3) is 6.02. The maximum Gasteiger partial charge on any atom is 0.251 e. The molecule has 1 heterocycles. The Morgan fingerprint density at radius 3 is 2.41 bits per heavy atom. The summed E-state index contributed by atoms with van der Waals surface area (Å²) in [5.74, 6) is -0.373. The third-order valence-electron chi connectivity index (χ3n) is 5.40. The predicted molar refractivity (Wildman–Crippen MR) is 127 cm³/mol. The molecule has 6 nitrogen and oxygen atoms in total. The number of nitrogens with one attached hydrogen (secondary N) is 2. The van der Waals surface area contributed by atoms with Crippen molar-refractivity contribution in [2.24, 2.45) is 0 Å². The first-order valence-corrected chi connectivity index (χ1v) is 12.6. The number of hydrogen-bond acceptors (Lipinski definition) is 4. The fourth-order valence-corrected chi connectivity index (χ4v) is 5.94. The molecule has 2 N–H and O–H groups in total. The monoisotopic (exact) mass is 498 g/mol. The van der Waals surface area contributed by atoms with Crippen LogP contribution >= 0.6 is 23.2 Å². The Hall–Kier alpha value is -1.64. The first-order chi connectivity index (χ1) is 14.9. The highest BCUT2D eigenvalue weighted by molar-refractivity contribution is 7.89. The largest absolute Gasteiger partial charge is 0.381 e. The normalized spacial score (nSPS) is 16.5. The molecule has 0 aliphatic carbocycles. The molecule has 174 valence electrons. The quantitative estimate of drug-likeness (QED) is 0.611. The highest BCUT2D eigenvalue weighted by atomic mass is 35.5. The van der Waals surface area contributed by atoms with E-state index in [1.54, 1.807) is 20.8 Å². The van der Waals surface area contributed by atoms with Gasteiger partial charge in [-0.1, -0.05) is 35.3 Å². The Morgan fingerprint density at radius 2 is 1.78 bits per heavy atom. The minimum Gasteiger partial charge on any atom is -0.381 e. The molecular formula is C23H28Cl2N2O4S. The fraction of sp³-hybridized carbons (Fsp3) is 0.435. The highest BCUT2D eigenvalue weighted by Gasteiger charge is 2.35. The van der Waals surface area contributed by atoms with Gasteiger partial charge in [-0.15, -0.1) is 0 Å². The van der Waals surface area contributed by atoms with E-state index in [-0.39, 0.29) is 26.8 Å². The van der Waals surface area contributed by atoms with Crippen molar-refractivity contribution in [3.05, 3.63) is 63.6 Å². The van der Waals surface area contributed by atoms with Gasteiger partial charge < -0.3 is 10.1 Å². The second-order valence-electron chi connectivity index (χ2n) is 9.09. The summed E-state index contributed by atoms with van der Waals surface area (Å²) in [6.45, 7) is 6.75. The van der Waals surface area contributed by atoms with Crippen LogP contribution < -0.4 is 10.0 Å². The van der Waals surface area contributed by atoms with Gasteiger partial charge in [-0.05, 0) is 69.5 Å². The average molecular weight is 499 g/mol. The topological polar surface area (TPSA) is 84.5 Å². The molecule has 1 aliphatic heterocycles. The van der Waals surface area contributed by atoms with Gasteiger partial charge in [0.1, 0.15) is 4.90 Å². The van der Waals surface area contributed by atoms with Crippen LogP contribution in [0.2, 0.25) is 10.0 Å². The summed E-state index contributed by atoms with van der Waals surface area (Å²) in [6, 6.07) is 11.9. The zero-order valence-corrected chi connectivity index (χ0v) is 20.7. The first-order valence-electron chi connectivity index (χ1n) is 10.4. The van der Waals surface area contributed by atoms with E-state index in [9.17, 15) is 13.2 Å². The number of sulfonamides is 1. The van der Waals surface area contributed by atoms with Gasteiger partial charge in [0.15, 0.2) is 0 Å². The van der Waals surface area contributed by atoms with Crippen molar-refractivity contribution in [1.82, 2.24) is 10.0 Å². The number of hydrogen-bond donors (Lipinski definition) is 2. The summed E-state index contributed by atoms with van der Waals surface area (Å²) >= 11 is 12.4. The van der Waals surface area contributed by atoms with Crippen molar-refractivity contribution >= 4 is 39.1 Å². The molecule has 0 spiro atoms. The van der Waals surface area contributed by atoms with Crippen LogP contribution in [0.4, 0.5) is 0 Å². The molecule has 9 heteroatoms. The van der Waals surface area contributed by atoms with E-state index in [0.29, 0.717) is 24.8 Å². The van der Waals surface area contributed by atoms with E-state index in [1.165, 1.54) is 18.2 Å². The van der Waals surface area contributed by atoms with Crippen LogP contribution in [0, 0.1) is 0 Å². The molecule has 1 amide bonds. The molecule has 1 fully saturated rings. The number of ether oxygens (including phenoxy) is 1. The number of carbonyl (C=O) groups excluding carboxylic acids is 1. The molecule has 0 aromatic heterocycles. The summed E-state index contributed by atoms with van der Waals surface area (Å²) in [4.78, 5) is 12.8. The summed E-state index contributed by atoms with van der Waals surface area (Å²) < 4.78 is 33.6. The van der Waals surface area contributed by atoms with Crippen molar-refractivity contribution in [2.75, 3.05) is 19.8 Å². The Labute approximate surface area is 199 Å². The molecule has 32 heavy (non-hydrogen) atoms. The summed E-state index contributed by atoms with van der Waals surface area (Å²) in [5.41, 5.74) is 0.264. The molecule has 3 rings (SSSR count). The van der Waals surface area contributed by atoms with E-state index in [4.69, 9.17) is 27.9 Å². The van der Waals surface area contributed by atoms with E-state index in [0.717, 1.165) is 18.4 Å². The lowest BCUT2D eigenvalue weighted by molar-refractivity contribution is 0.0487. The van der Waals surface area contributed by atoms with Crippen LogP contribution in [0.15, 0.2) is 47.4 Å². The van der Waals surface area contributed by atoms with Crippen molar-refractivity contribution in [3.8, 4) is 0 Å². The zero-order chi connectivity index (χ0) is 23.6. The molecule has 0 radical (unpaired) electrons. The maximum absolute atomic E-state index is 13.0. The minimum atomic E-state index is -3.89. The van der Waals surface area contributed by atoms with Gasteiger partial charge in [0.05, 0.1) is 5.02 Å². The smallest absolute Gasteiger partial charge is 0.251 e. The highest BCUT2D eigenvalue weighted by Crippen LogP contribution is 2.35. The van der Waals surface area contributed by atoms with Crippen LogP contribution in [0.5, 0.6) is 0 Å². The van der Waals surface area contributed by atoms with E-state index >= 15 is 0 Å². The maximum atomic E-state index is 13.0. The third-order valence-corrected chi connectivity index (χ3v) is 7.87. The standard InChI is InChI=1S/C23H28Cl2N2O4S/c1-22(2,3)27-32(29,30)20-13-16(7-8-19(20)25)21(28)26-15-23(9-11-31-12-10-23)17-5-4-6-18(24)14-17/h4-8,13-14,27H,9-12,15H2,1-3H3,(H,26,28). The van der Waals surface area contributed by atoms with Gasteiger partial charge in [-0.3, -0.25) is 4.79 Å². The second-order valence-corrected chi connectivity index (χ2v) is 11.6. The van der Waals surface area contributed by atoms with Crippen LogP contribution in [0.25, 0.3) is 0 Å². The molecule has 0 bridgehead atoms. The molecule has 0 unspecified atom stereocenters. The van der Waals surface area contributed by atoms with Crippen molar-refractivity contribution in [1.29, 1.82) is 0 Å². The van der Waals surface area contributed by atoms with Gasteiger partial charge in [-0.25, -0.2) is 13.1 Å². The minimum absolute atomic E-state index is 0.0538. The Morgan fingerprint density at radius 1 is 1.09 bits per heavy atom. The van der Waals surface area contributed by atoms with Crippen molar-refractivity contribution < 1.29 is 17.9 Å². The van der Waals surface area contributed by atoms with E-state index in [2.05, 4.69) is 10.0 Å². The van der Waals surface area contributed by atoms with Gasteiger partial charge in [-0.2, -0.15) is 0 Å². The average Bonchev–Trinajstić information content (AvgIpc) is 2.71. The van der Waals surface area contributed by atoms with E-state index in [1.807, 2.05) is 24.3 Å². The van der Waals surface area contributed by atoms with Gasteiger partial charge in [0.2, 0.25) is 10.0 Å². The van der Waals surface area contributed by atoms with Gasteiger partial charge in [0.25, 0.3) is 5.91 Å². The fourth-order valence-electron chi connectivity index (χ4n) is 3.81. The molecule has 2 aromatic carbocycles. The molecule has 2 aromatic rings. The van der Waals surface area contributed by atoms with Crippen molar-refractivity contribution in [2.45, 2.75) is 49.5 Å². The zero-order valence-electron chi connectivity index (χ0n) is 18.4. The lowest BCUT2D eigenvalue weighted by Crippen LogP contribution is -2.44. The number of rotatable bonds is 6. The number of amides is 1. The molecule has 0 atom stereocenters. The SMILES string of the molecule is CC(C)(C)NS(=O)(=O)c1cc(C(=O)NCC2(c3cccc(Cl)c3)CCOCC2)ccc1Cl. The van der Waals surface area contributed by atoms with Crippen LogP contribution in [-0.2, 0) is 20.2 Å². The Kier molecular flexibility index (Phi) is 7.57. The number of carbonyl (C=O) groups is 1. The Balaban J connectivity index is 1.83. The van der Waals surface area contributed by atoms with E-state index < -0.39 is 15.6 Å². The summed E-state index contributed by atoms with van der Waals surface area (Å²) in [7, 11) is -3.89. The number of benzene rings is 2. The van der Waals surface area contributed by atoms with Gasteiger partial charge >= 0.3 is 0 Å². The molecule has 1 saturated heterocycles. The molecular weight excluding hydrogens is 471 g/mol. The first kappa shape index (κ1) is 25.0. The van der Waals surface area contributed by atoms with Crippen LogP contribution in [-0.4, -0.2) is 39.6 Å². The second kappa shape index (κ2) is 9.69. The van der Waals surface area contributed by atoms with Crippen molar-refractivity contribution in [3.63, 3.8) is 0 Å².